The van der Waals surface area contributed by atoms with E-state index < -0.39 is 28.6 Å². The molecule has 0 aliphatic heterocycles. The first-order valence-electron chi connectivity index (χ1n) is 7.59. The fourth-order valence-corrected chi connectivity index (χ4v) is 2.19. The molecule has 1 atom stereocenters. The number of carbonyl (C=O) groups excluding carboxylic acids is 1. The molecule has 0 aliphatic carbocycles. The predicted octanol–water partition coefficient (Wildman–Crippen LogP) is 3.84. The van der Waals surface area contributed by atoms with Crippen LogP contribution in [0.5, 0.6) is 0 Å². The van der Waals surface area contributed by atoms with Crippen LogP contribution in [0.15, 0.2) is 46.9 Å². The van der Waals surface area contributed by atoms with Crippen molar-refractivity contribution >= 4 is 11.7 Å². The van der Waals surface area contributed by atoms with Crippen molar-refractivity contribution in [3.63, 3.8) is 0 Å². The minimum absolute atomic E-state index is 0.0476. The Morgan fingerprint density at radius 3 is 2.37 bits per heavy atom. The smallest absolute Gasteiger partial charge is 0.339 e. The number of hydrogen-bond acceptors (Lipinski definition) is 7. The van der Waals surface area contributed by atoms with Gasteiger partial charge in [-0.25, -0.2) is 13.6 Å². The van der Waals surface area contributed by atoms with E-state index in [1.54, 1.807) is 0 Å². The Balaban J connectivity index is 1.73. The van der Waals surface area contributed by atoms with E-state index in [0.717, 1.165) is 12.1 Å². The number of rotatable bonds is 5. The van der Waals surface area contributed by atoms with E-state index in [2.05, 4.69) is 10.2 Å². The molecule has 0 bridgehead atoms. The molecule has 0 radical (unpaired) electrons. The number of hydrogen-bond donors (Lipinski definition) is 0. The number of non-ortho nitro benzene ring substituents is 1. The van der Waals surface area contributed by atoms with Gasteiger partial charge >= 0.3 is 5.97 Å². The summed E-state index contributed by atoms with van der Waals surface area (Å²) in [7, 11) is 0. The van der Waals surface area contributed by atoms with Crippen LogP contribution in [0.3, 0.4) is 0 Å². The number of ether oxygens (including phenoxy) is 1. The van der Waals surface area contributed by atoms with Gasteiger partial charge in [-0.1, -0.05) is 0 Å². The minimum Gasteiger partial charge on any atom is -0.449 e. The zero-order valence-corrected chi connectivity index (χ0v) is 13.8. The van der Waals surface area contributed by atoms with Crippen molar-refractivity contribution in [2.75, 3.05) is 0 Å². The molecule has 0 saturated carbocycles. The highest BCUT2D eigenvalue weighted by molar-refractivity contribution is 5.89. The van der Waals surface area contributed by atoms with Crippen LogP contribution in [0, 0.1) is 21.7 Å². The van der Waals surface area contributed by atoms with Gasteiger partial charge in [0.1, 0.15) is 11.6 Å². The molecule has 138 valence electrons. The monoisotopic (exact) mass is 375 g/mol. The molecule has 0 saturated heterocycles. The van der Waals surface area contributed by atoms with Crippen LogP contribution < -0.4 is 0 Å². The standard InChI is InChI=1S/C17H11F2N3O5/c1-9(26-17(23)11-6-12(18)8-13(19)7-11)15-20-21-16(27-15)10-2-4-14(5-3-10)22(24)25/h2-9H,1H3/t9-/m1/s1. The van der Waals surface area contributed by atoms with Crippen LogP contribution in [0.1, 0.15) is 29.3 Å². The van der Waals surface area contributed by atoms with Gasteiger partial charge in [0, 0.05) is 23.8 Å². The molecule has 0 unspecified atom stereocenters. The van der Waals surface area contributed by atoms with E-state index in [1.165, 1.54) is 31.2 Å². The number of nitro groups is 1. The number of carbonyl (C=O) groups is 1. The second-order valence-electron chi connectivity index (χ2n) is 5.46. The summed E-state index contributed by atoms with van der Waals surface area (Å²) in [6, 6.07) is 7.74. The first-order valence-corrected chi connectivity index (χ1v) is 7.59. The SMILES string of the molecule is C[C@@H](OC(=O)c1cc(F)cc(F)c1)c1nnc(-c2ccc([N+](=O)[O-])cc2)o1. The predicted molar refractivity (Wildman–Crippen MR) is 86.6 cm³/mol. The van der Waals surface area contributed by atoms with Gasteiger partial charge < -0.3 is 9.15 Å². The van der Waals surface area contributed by atoms with E-state index in [4.69, 9.17) is 9.15 Å². The zero-order chi connectivity index (χ0) is 19.6. The second kappa shape index (κ2) is 7.28. The van der Waals surface area contributed by atoms with Gasteiger partial charge in [-0.05, 0) is 31.2 Å². The zero-order valence-electron chi connectivity index (χ0n) is 13.8. The molecule has 0 aliphatic rings. The largest absolute Gasteiger partial charge is 0.449 e. The Morgan fingerprint density at radius 2 is 1.78 bits per heavy atom. The van der Waals surface area contributed by atoms with E-state index in [1.807, 2.05) is 0 Å². The minimum atomic E-state index is -0.983. The van der Waals surface area contributed by atoms with Crippen molar-refractivity contribution in [2.45, 2.75) is 13.0 Å². The summed E-state index contributed by atoms with van der Waals surface area (Å²) >= 11 is 0. The molecule has 3 aromatic rings. The molecule has 8 nitrogen and oxygen atoms in total. The molecule has 1 aromatic heterocycles. The normalized spacial score (nSPS) is 11.8. The second-order valence-corrected chi connectivity index (χ2v) is 5.46. The van der Waals surface area contributed by atoms with Gasteiger partial charge in [0.05, 0.1) is 10.5 Å². The molecule has 0 N–H and O–H groups in total. The molecule has 3 rings (SSSR count). The van der Waals surface area contributed by atoms with Crippen LogP contribution in [-0.4, -0.2) is 21.1 Å². The molecule has 0 amide bonds. The van der Waals surface area contributed by atoms with E-state index >= 15 is 0 Å². The van der Waals surface area contributed by atoms with Crippen molar-refractivity contribution in [1.29, 1.82) is 0 Å². The van der Waals surface area contributed by atoms with E-state index in [9.17, 15) is 23.7 Å². The lowest BCUT2D eigenvalue weighted by Crippen LogP contribution is -2.10. The molecule has 0 fully saturated rings. The number of benzene rings is 2. The molecule has 27 heavy (non-hydrogen) atoms. The highest BCUT2D eigenvalue weighted by Gasteiger charge is 2.21. The number of nitro benzene ring substituents is 1. The highest BCUT2D eigenvalue weighted by atomic mass is 19.1. The van der Waals surface area contributed by atoms with Crippen LogP contribution in [0.25, 0.3) is 11.5 Å². The third kappa shape index (κ3) is 4.11. The summed E-state index contributed by atoms with van der Waals surface area (Å²) in [5.41, 5.74) is 0.0441. The Bertz CT molecular complexity index is 984. The van der Waals surface area contributed by atoms with Gasteiger partial charge in [-0.3, -0.25) is 10.1 Å². The van der Waals surface area contributed by atoms with Crippen molar-refractivity contribution in [1.82, 2.24) is 10.2 Å². The lowest BCUT2D eigenvalue weighted by atomic mass is 10.2. The van der Waals surface area contributed by atoms with Crippen LogP contribution >= 0.6 is 0 Å². The Kier molecular flexibility index (Phi) is 4.88. The summed E-state index contributed by atoms with van der Waals surface area (Å²) in [5, 5.41) is 18.2. The van der Waals surface area contributed by atoms with Crippen LogP contribution in [0.2, 0.25) is 0 Å². The summed E-state index contributed by atoms with van der Waals surface area (Å²) in [4.78, 5) is 22.1. The average molecular weight is 375 g/mol. The molecule has 0 spiro atoms. The lowest BCUT2D eigenvalue weighted by molar-refractivity contribution is -0.384. The fraction of sp³-hybridized carbons (Fsp3) is 0.118. The maximum Gasteiger partial charge on any atom is 0.339 e. The Hall–Kier alpha value is -3.69. The van der Waals surface area contributed by atoms with Gasteiger partial charge in [0.15, 0.2) is 6.10 Å². The molecule has 1 heterocycles. The van der Waals surface area contributed by atoms with Crippen molar-refractivity contribution in [2.24, 2.45) is 0 Å². The molecule has 2 aromatic carbocycles. The average Bonchev–Trinajstić information content (AvgIpc) is 3.11. The van der Waals surface area contributed by atoms with E-state index in [-0.39, 0.29) is 23.0 Å². The molecular weight excluding hydrogens is 364 g/mol. The maximum atomic E-state index is 13.2. The first-order chi connectivity index (χ1) is 12.8. The summed E-state index contributed by atoms with van der Waals surface area (Å²) in [6.07, 6.45) is -0.983. The summed E-state index contributed by atoms with van der Waals surface area (Å²) < 4.78 is 36.8. The first kappa shape index (κ1) is 18.1. The van der Waals surface area contributed by atoms with Gasteiger partial charge in [-0.15, -0.1) is 10.2 Å². The number of aromatic nitrogens is 2. The van der Waals surface area contributed by atoms with Gasteiger partial charge in [-0.2, -0.15) is 0 Å². The maximum absolute atomic E-state index is 13.2. The summed E-state index contributed by atoms with van der Waals surface area (Å²) in [5.74, 6) is -2.76. The molecular formula is C17H11F2N3O5. The molecule has 10 heteroatoms. The highest BCUT2D eigenvalue weighted by Crippen LogP contribution is 2.25. The van der Waals surface area contributed by atoms with Crippen molar-refractivity contribution < 1.29 is 27.7 Å². The number of nitrogens with zero attached hydrogens (tertiary/aromatic N) is 3. The third-order valence-corrected chi connectivity index (χ3v) is 3.50. The number of esters is 1. The Labute approximate surface area is 150 Å². The quantitative estimate of drug-likeness (QED) is 0.379. The van der Waals surface area contributed by atoms with E-state index in [0.29, 0.717) is 11.6 Å². The third-order valence-electron chi connectivity index (χ3n) is 3.50. The van der Waals surface area contributed by atoms with Crippen LogP contribution in [0.4, 0.5) is 14.5 Å². The van der Waals surface area contributed by atoms with Crippen molar-refractivity contribution in [3.05, 3.63) is 75.7 Å². The number of halogens is 2. The van der Waals surface area contributed by atoms with Gasteiger partial charge in [0.25, 0.3) is 11.6 Å². The van der Waals surface area contributed by atoms with Gasteiger partial charge in [0.2, 0.25) is 5.89 Å². The lowest BCUT2D eigenvalue weighted by Gasteiger charge is -2.09. The Morgan fingerprint density at radius 1 is 1.15 bits per heavy atom. The fourth-order valence-electron chi connectivity index (χ4n) is 2.19. The van der Waals surface area contributed by atoms with Crippen LogP contribution in [-0.2, 0) is 4.74 Å². The summed E-state index contributed by atoms with van der Waals surface area (Å²) in [6.45, 7) is 1.45. The van der Waals surface area contributed by atoms with Crippen molar-refractivity contribution in [3.8, 4) is 11.5 Å². The topological polar surface area (TPSA) is 108 Å².